The van der Waals surface area contributed by atoms with Gasteiger partial charge in [-0.1, -0.05) is 53.2 Å². The molecule has 23 nitrogen and oxygen atoms in total. The highest BCUT2D eigenvalue weighted by Gasteiger charge is 2.70. The predicted molar refractivity (Wildman–Crippen MR) is 266 cm³/mol. The van der Waals surface area contributed by atoms with Crippen molar-refractivity contribution in [2.75, 3.05) is 26.4 Å². The van der Waals surface area contributed by atoms with Crippen LogP contribution >= 0.6 is 0 Å². The summed E-state index contributed by atoms with van der Waals surface area (Å²) in [6.07, 6.45) is -25.6. The van der Waals surface area contributed by atoms with E-state index >= 15 is 0 Å². The summed E-state index contributed by atoms with van der Waals surface area (Å²) in [6.45, 7) is 13.4. The topological polar surface area (TPSA) is 388 Å². The summed E-state index contributed by atoms with van der Waals surface area (Å²) in [5.41, 5.74) is -1.95. The zero-order valence-corrected chi connectivity index (χ0v) is 45.7. The maximum Gasteiger partial charge on any atom is 0.187 e. The maximum atomic E-state index is 12.7. The number of hydrogen-bond acceptors (Lipinski definition) is 23. The van der Waals surface area contributed by atoms with Crippen molar-refractivity contribution in [3.05, 3.63) is 11.6 Å². The van der Waals surface area contributed by atoms with Crippen molar-refractivity contribution < 1.29 is 115 Å². The first kappa shape index (κ1) is 61.9. The average Bonchev–Trinajstić information content (AvgIpc) is 3.93. The summed E-state index contributed by atoms with van der Waals surface area (Å²) >= 11 is 0. The molecule has 0 aromatic carbocycles. The van der Waals surface area contributed by atoms with E-state index in [1.54, 1.807) is 13.8 Å². The maximum absolute atomic E-state index is 12.7. The Morgan fingerprint density at radius 1 is 0.597 bits per heavy atom. The van der Waals surface area contributed by atoms with Crippen LogP contribution in [0.2, 0.25) is 0 Å². The van der Waals surface area contributed by atoms with Gasteiger partial charge >= 0.3 is 0 Å². The number of aliphatic hydroxyl groups excluding tert-OH is 15. The van der Waals surface area contributed by atoms with Crippen LogP contribution in [0, 0.1) is 51.2 Å². The van der Waals surface area contributed by atoms with E-state index in [0.29, 0.717) is 25.7 Å². The number of ether oxygens (including phenoxy) is 7. The zero-order valence-electron chi connectivity index (χ0n) is 45.7. The molecule has 8 aliphatic rings. The van der Waals surface area contributed by atoms with Crippen molar-refractivity contribution in [1.29, 1.82) is 0 Å². The lowest BCUT2D eigenvalue weighted by molar-refractivity contribution is -0.379. The van der Waals surface area contributed by atoms with E-state index in [1.807, 2.05) is 0 Å². The van der Waals surface area contributed by atoms with Crippen LogP contribution in [0.1, 0.15) is 107 Å². The van der Waals surface area contributed by atoms with E-state index in [4.69, 9.17) is 33.2 Å². The van der Waals surface area contributed by atoms with Crippen LogP contribution < -0.4 is 0 Å². The van der Waals surface area contributed by atoms with Gasteiger partial charge in [-0.2, -0.15) is 0 Å². The van der Waals surface area contributed by atoms with Crippen molar-refractivity contribution in [2.24, 2.45) is 51.2 Å². The Morgan fingerprint density at radius 3 is 1.73 bits per heavy atom. The minimum absolute atomic E-state index is 0.0193. The Kier molecular flexibility index (Phi) is 18.6. The Bertz CT molecular complexity index is 2000. The highest BCUT2D eigenvalue weighted by atomic mass is 16.8. The van der Waals surface area contributed by atoms with Crippen molar-refractivity contribution in [1.82, 2.24) is 0 Å². The second-order valence-corrected chi connectivity index (χ2v) is 25.9. The standard InChI is InChI=1S/C54H92O23/c1-22(23-15-16-52(6)30-12-10-24-25(54(30,8)31(59)17-53(23,52)7)11-14-32(50(24,2)3)75-47-44(69)40(65)36(61)28(20-57)73-47)9-13-33(51(4,5)70)76-49-46(41(66)37(62)29(21-58)74-49)77-48-43(68)38(63)34(26(18-55)72-48)45-42(67)39(64)35(60)27(19-56)71-45/h10,22-23,25-49,55-70H,9,11-21H2,1-8H3/t22-,23?,25?,26-,27-,28-,29-,30?,31-,32+,33-,34-,35-,36-,37-,38+,39+,40+,41+,42-,43-,44-,45?,46-,47+,48+,49+,52+,53-,54+/m1/s1. The van der Waals surface area contributed by atoms with Crippen LogP contribution in [-0.4, -0.2) is 249 Å². The van der Waals surface area contributed by atoms with Crippen LogP contribution in [0.5, 0.6) is 0 Å². The molecule has 23 heteroatoms. The molecule has 7 fully saturated rings. The second-order valence-electron chi connectivity index (χ2n) is 25.9. The molecule has 0 spiro atoms. The number of rotatable bonds is 16. The fourth-order valence-electron chi connectivity index (χ4n) is 16.1. The summed E-state index contributed by atoms with van der Waals surface area (Å²) in [7, 11) is 0. The second kappa shape index (κ2) is 23.1. The van der Waals surface area contributed by atoms with Gasteiger partial charge in [-0.15, -0.1) is 0 Å². The first-order valence-corrected chi connectivity index (χ1v) is 27.9. The van der Waals surface area contributed by atoms with E-state index in [9.17, 15) is 81.7 Å². The molecule has 4 unspecified atom stereocenters. The normalized spacial score (nSPS) is 51.9. The van der Waals surface area contributed by atoms with Crippen LogP contribution in [0.15, 0.2) is 11.6 Å². The minimum Gasteiger partial charge on any atom is -0.394 e. The summed E-state index contributed by atoms with van der Waals surface area (Å²) < 4.78 is 42.3. The summed E-state index contributed by atoms with van der Waals surface area (Å²) in [6, 6.07) is 0. The highest BCUT2D eigenvalue weighted by Crippen LogP contribution is 2.75. The molecule has 3 saturated carbocycles. The number of hydrogen-bond donors (Lipinski definition) is 16. The van der Waals surface area contributed by atoms with Crippen molar-refractivity contribution in [3.8, 4) is 0 Å². The Hall–Kier alpha value is -1.18. The molecule has 4 saturated heterocycles. The van der Waals surface area contributed by atoms with E-state index in [2.05, 4.69) is 47.6 Å². The summed E-state index contributed by atoms with van der Waals surface area (Å²) in [5.74, 6) is -1.16. The average molecular weight is 1110 g/mol. The van der Waals surface area contributed by atoms with Gasteiger partial charge in [0.05, 0.1) is 68.7 Å². The van der Waals surface area contributed by atoms with Crippen LogP contribution in [0.3, 0.4) is 0 Å². The molecule has 4 heterocycles. The fraction of sp³-hybridized carbons (Fsp3) is 0.963. The lowest BCUT2D eigenvalue weighted by atomic mass is 9.38. The largest absolute Gasteiger partial charge is 0.394 e. The lowest BCUT2D eigenvalue weighted by Gasteiger charge is -2.67. The molecule has 446 valence electrons. The molecule has 77 heavy (non-hydrogen) atoms. The number of aliphatic hydroxyl groups is 16. The monoisotopic (exact) mass is 1110 g/mol. The van der Waals surface area contributed by atoms with Gasteiger partial charge in [0.1, 0.15) is 79.4 Å². The molecule has 0 amide bonds. The summed E-state index contributed by atoms with van der Waals surface area (Å²) in [4.78, 5) is 0. The van der Waals surface area contributed by atoms with Gasteiger partial charge in [0.2, 0.25) is 0 Å². The van der Waals surface area contributed by atoms with Gasteiger partial charge in [0.25, 0.3) is 0 Å². The summed E-state index contributed by atoms with van der Waals surface area (Å²) in [5, 5.41) is 174. The van der Waals surface area contributed by atoms with Crippen LogP contribution in [-0.2, 0) is 33.2 Å². The van der Waals surface area contributed by atoms with Crippen molar-refractivity contribution in [3.63, 3.8) is 0 Å². The third kappa shape index (κ3) is 10.6. The van der Waals surface area contributed by atoms with Gasteiger partial charge in [-0.05, 0) is 99.7 Å². The SMILES string of the molecule is C[C@H](CC[C@@H](O[C@@H]1O[C@H](CO)[C@@H](O)[C@H](O)[C@H]1O[C@@H]1O[C@H](CO)[C@@H](C2O[C@H](CO)[C@@H](O)[C@H](O)[C@H]2O)[C@H](O)[C@H]1O)C(C)(C)O)C1CC[C@@]2(C)C3CC=C4C(CC[C@H](O[C@@H]5O[C@H](CO)[C@@H](O)[C@H](O)[C@H]5O)C4(C)C)[C@]3(C)[C@H](O)C[C@]12C. The third-order valence-electron chi connectivity index (χ3n) is 21.1. The van der Waals surface area contributed by atoms with Gasteiger partial charge in [-0.25, -0.2) is 0 Å². The molecule has 0 radical (unpaired) electrons. The van der Waals surface area contributed by atoms with Crippen LogP contribution in [0.4, 0.5) is 0 Å². The molecule has 4 aliphatic carbocycles. The van der Waals surface area contributed by atoms with Crippen molar-refractivity contribution in [2.45, 2.75) is 247 Å². The molecular formula is C54H92O23. The van der Waals surface area contributed by atoms with E-state index in [0.717, 1.165) is 19.3 Å². The Balaban J connectivity index is 0.961. The lowest BCUT2D eigenvalue weighted by Crippen LogP contribution is -2.68. The van der Waals surface area contributed by atoms with E-state index in [-0.39, 0.29) is 40.9 Å². The van der Waals surface area contributed by atoms with Gasteiger partial charge < -0.3 is 115 Å². The third-order valence-corrected chi connectivity index (χ3v) is 21.1. The highest BCUT2D eigenvalue weighted by molar-refractivity contribution is 5.32. The Labute approximate surface area is 450 Å². The fourth-order valence-corrected chi connectivity index (χ4v) is 16.1. The van der Waals surface area contributed by atoms with Gasteiger partial charge in [0.15, 0.2) is 18.9 Å². The molecule has 0 bridgehead atoms. The molecule has 30 atom stereocenters. The molecule has 0 aromatic rings. The first-order chi connectivity index (χ1) is 36.0. The molecular weight excluding hydrogens is 1020 g/mol. The van der Waals surface area contributed by atoms with Crippen LogP contribution in [0.25, 0.3) is 0 Å². The minimum atomic E-state index is -2.00. The molecule has 0 aromatic heterocycles. The van der Waals surface area contributed by atoms with Gasteiger partial charge in [-0.3, -0.25) is 0 Å². The first-order valence-electron chi connectivity index (χ1n) is 27.9. The van der Waals surface area contributed by atoms with E-state index < -0.39 is 184 Å². The number of fused-ring (bicyclic) bond motifs is 5. The molecule has 16 N–H and O–H groups in total. The quantitative estimate of drug-likeness (QED) is 0.0687. The van der Waals surface area contributed by atoms with E-state index in [1.165, 1.54) is 5.57 Å². The smallest absolute Gasteiger partial charge is 0.187 e. The van der Waals surface area contributed by atoms with Gasteiger partial charge in [0, 0.05) is 16.7 Å². The predicted octanol–water partition coefficient (Wildman–Crippen LogP) is -2.96. The molecule has 4 aliphatic heterocycles. The van der Waals surface area contributed by atoms with Crippen molar-refractivity contribution >= 4 is 0 Å². The molecule has 8 rings (SSSR count). The number of allylic oxidation sites excluding steroid dienone is 1. The Morgan fingerprint density at radius 2 is 1.13 bits per heavy atom. The zero-order chi connectivity index (χ0) is 56.8.